The summed E-state index contributed by atoms with van der Waals surface area (Å²) in [6.45, 7) is 3.50. The molecule has 1 aliphatic rings. The fourth-order valence-electron chi connectivity index (χ4n) is 3.63. The number of likely N-dealkylation sites (tertiary alicyclic amines) is 1. The second-order valence-corrected chi connectivity index (χ2v) is 6.46. The number of hydrogen-bond acceptors (Lipinski definition) is 3. The van der Waals surface area contributed by atoms with Crippen LogP contribution in [0.25, 0.3) is 10.9 Å². The van der Waals surface area contributed by atoms with Crippen LogP contribution in [0.3, 0.4) is 0 Å². The van der Waals surface area contributed by atoms with Crippen LogP contribution in [0.15, 0.2) is 42.7 Å². The zero-order valence-electron chi connectivity index (χ0n) is 13.9. The van der Waals surface area contributed by atoms with Crippen molar-refractivity contribution in [1.82, 2.24) is 19.4 Å². The smallest absolute Gasteiger partial charge is 0.254 e. The van der Waals surface area contributed by atoms with Gasteiger partial charge in [0.1, 0.15) is 5.82 Å². The Hall–Kier alpha value is -2.69. The number of imidazole rings is 1. The Bertz CT molecular complexity index is 909. The van der Waals surface area contributed by atoms with Crippen molar-refractivity contribution in [3.05, 3.63) is 59.8 Å². The summed E-state index contributed by atoms with van der Waals surface area (Å²) in [5.74, 6) is 1.46. The first-order valence-electron chi connectivity index (χ1n) is 8.26. The van der Waals surface area contributed by atoms with Crippen molar-refractivity contribution in [2.45, 2.75) is 19.3 Å². The Morgan fingerprint density at radius 3 is 2.92 bits per heavy atom. The lowest BCUT2D eigenvalue weighted by molar-refractivity contribution is 0.0792. The zero-order valence-corrected chi connectivity index (χ0v) is 13.9. The monoisotopic (exact) mass is 320 g/mol. The summed E-state index contributed by atoms with van der Waals surface area (Å²) in [7, 11) is 2.02. The van der Waals surface area contributed by atoms with E-state index in [4.69, 9.17) is 0 Å². The summed E-state index contributed by atoms with van der Waals surface area (Å²) in [4.78, 5) is 23.9. The number of carbonyl (C=O) groups is 1. The predicted octanol–water partition coefficient (Wildman–Crippen LogP) is 2.91. The van der Waals surface area contributed by atoms with Crippen LogP contribution < -0.4 is 0 Å². The van der Waals surface area contributed by atoms with Gasteiger partial charge in [0.15, 0.2) is 0 Å². The molecule has 1 aliphatic heterocycles. The highest BCUT2D eigenvalue weighted by Gasteiger charge is 2.30. The third kappa shape index (κ3) is 2.46. The van der Waals surface area contributed by atoms with Gasteiger partial charge >= 0.3 is 0 Å². The van der Waals surface area contributed by atoms with Crippen molar-refractivity contribution in [3.63, 3.8) is 0 Å². The minimum Gasteiger partial charge on any atom is -0.338 e. The largest absolute Gasteiger partial charge is 0.338 e. The highest BCUT2D eigenvalue weighted by Crippen LogP contribution is 2.28. The molecule has 122 valence electrons. The van der Waals surface area contributed by atoms with Crippen LogP contribution in [0.2, 0.25) is 0 Å². The second-order valence-electron chi connectivity index (χ2n) is 6.46. The average Bonchev–Trinajstić information content (AvgIpc) is 3.20. The first-order chi connectivity index (χ1) is 11.6. The molecule has 0 bridgehead atoms. The van der Waals surface area contributed by atoms with Gasteiger partial charge in [-0.15, -0.1) is 0 Å². The van der Waals surface area contributed by atoms with E-state index in [9.17, 15) is 4.79 Å². The van der Waals surface area contributed by atoms with Gasteiger partial charge in [-0.3, -0.25) is 9.78 Å². The lowest BCUT2D eigenvalue weighted by atomic mass is 10.1. The van der Waals surface area contributed by atoms with E-state index < -0.39 is 0 Å². The van der Waals surface area contributed by atoms with Crippen LogP contribution in [0.1, 0.15) is 34.2 Å². The van der Waals surface area contributed by atoms with Gasteiger partial charge in [0.25, 0.3) is 5.91 Å². The van der Waals surface area contributed by atoms with Gasteiger partial charge in [-0.25, -0.2) is 4.98 Å². The number of fused-ring (bicyclic) bond motifs is 1. The van der Waals surface area contributed by atoms with Gasteiger partial charge in [0.2, 0.25) is 0 Å². The molecule has 0 aliphatic carbocycles. The number of benzene rings is 1. The summed E-state index contributed by atoms with van der Waals surface area (Å²) in [5, 5.41) is 0.918. The molecule has 3 heterocycles. The average molecular weight is 320 g/mol. The maximum atomic E-state index is 13.0. The minimum atomic E-state index is 0.0852. The highest BCUT2D eigenvalue weighted by molar-refractivity contribution is 6.06. The molecule has 0 unspecified atom stereocenters. The van der Waals surface area contributed by atoms with Crippen LogP contribution in [0.4, 0.5) is 0 Å². The number of hydrogen-bond donors (Lipinski definition) is 0. The maximum Gasteiger partial charge on any atom is 0.254 e. The molecule has 0 spiro atoms. The fourth-order valence-corrected chi connectivity index (χ4v) is 3.63. The molecule has 1 amide bonds. The summed E-state index contributed by atoms with van der Waals surface area (Å²) in [5.41, 5.74) is 2.62. The molecule has 0 saturated carbocycles. The Morgan fingerprint density at radius 2 is 2.12 bits per heavy atom. The first-order valence-corrected chi connectivity index (χ1v) is 8.26. The molecular weight excluding hydrogens is 300 g/mol. The molecule has 2 aromatic heterocycles. The highest BCUT2D eigenvalue weighted by atomic mass is 16.2. The molecule has 1 saturated heterocycles. The second kappa shape index (κ2) is 5.74. The third-order valence-corrected chi connectivity index (χ3v) is 4.75. The van der Waals surface area contributed by atoms with E-state index >= 15 is 0 Å². The Labute approximate surface area is 140 Å². The number of aromatic nitrogens is 3. The molecule has 1 aromatic carbocycles. The zero-order chi connectivity index (χ0) is 16.7. The number of amides is 1. The summed E-state index contributed by atoms with van der Waals surface area (Å²) in [6.07, 6.45) is 4.75. The normalized spacial score (nSPS) is 17.6. The quantitative estimate of drug-likeness (QED) is 0.729. The summed E-state index contributed by atoms with van der Waals surface area (Å²) in [6, 6.07) is 9.58. The molecule has 1 fully saturated rings. The summed E-state index contributed by atoms with van der Waals surface area (Å²) >= 11 is 0. The van der Waals surface area contributed by atoms with Crippen molar-refractivity contribution in [2.24, 2.45) is 7.05 Å². The number of aryl methyl sites for hydroxylation is 2. The molecule has 4 rings (SSSR count). The van der Waals surface area contributed by atoms with Gasteiger partial charge in [-0.1, -0.05) is 12.1 Å². The summed E-state index contributed by atoms with van der Waals surface area (Å²) < 4.78 is 2.08. The van der Waals surface area contributed by atoms with Gasteiger partial charge in [-0.2, -0.15) is 0 Å². The van der Waals surface area contributed by atoms with Crippen LogP contribution in [0, 0.1) is 6.92 Å². The van der Waals surface area contributed by atoms with Crippen molar-refractivity contribution in [1.29, 1.82) is 0 Å². The van der Waals surface area contributed by atoms with Gasteiger partial charge in [0, 0.05) is 49.4 Å². The van der Waals surface area contributed by atoms with E-state index in [1.807, 2.05) is 55.4 Å². The molecule has 24 heavy (non-hydrogen) atoms. The van der Waals surface area contributed by atoms with Crippen LogP contribution in [0.5, 0.6) is 0 Å². The van der Waals surface area contributed by atoms with Crippen LogP contribution in [-0.2, 0) is 7.05 Å². The molecule has 3 aromatic rings. The van der Waals surface area contributed by atoms with E-state index in [1.165, 1.54) is 0 Å². The minimum absolute atomic E-state index is 0.0852. The molecule has 0 radical (unpaired) electrons. The number of carbonyl (C=O) groups excluding carboxylic acids is 1. The molecule has 5 heteroatoms. The number of nitrogens with zero attached hydrogens (tertiary/aromatic N) is 4. The van der Waals surface area contributed by atoms with Crippen molar-refractivity contribution in [3.8, 4) is 0 Å². The van der Waals surface area contributed by atoms with Crippen LogP contribution in [-0.4, -0.2) is 38.4 Å². The Morgan fingerprint density at radius 1 is 1.25 bits per heavy atom. The fraction of sp³-hybridized carbons (Fsp3) is 0.316. The van der Waals surface area contributed by atoms with Crippen molar-refractivity contribution in [2.75, 3.05) is 13.1 Å². The van der Waals surface area contributed by atoms with Gasteiger partial charge in [0.05, 0.1) is 11.2 Å². The molecule has 5 nitrogen and oxygen atoms in total. The topological polar surface area (TPSA) is 51.0 Å². The van der Waals surface area contributed by atoms with Crippen molar-refractivity contribution < 1.29 is 4.79 Å². The van der Waals surface area contributed by atoms with E-state index in [1.54, 1.807) is 6.20 Å². The molecule has 0 N–H and O–H groups in total. The van der Waals surface area contributed by atoms with E-state index in [2.05, 4.69) is 14.5 Å². The SMILES string of the molecule is Cc1cn(C)c([C@H]2CCN(C(=O)c3cccc4ncccc34)C2)n1. The van der Waals surface area contributed by atoms with Gasteiger partial charge < -0.3 is 9.47 Å². The van der Waals surface area contributed by atoms with E-state index in [0.29, 0.717) is 5.92 Å². The Balaban J connectivity index is 1.60. The lowest BCUT2D eigenvalue weighted by Gasteiger charge is -2.17. The lowest BCUT2D eigenvalue weighted by Crippen LogP contribution is -2.28. The number of rotatable bonds is 2. The van der Waals surface area contributed by atoms with Crippen LogP contribution >= 0.6 is 0 Å². The third-order valence-electron chi connectivity index (χ3n) is 4.75. The molecule has 1 atom stereocenters. The van der Waals surface area contributed by atoms with E-state index in [-0.39, 0.29) is 5.91 Å². The maximum absolute atomic E-state index is 13.0. The first kappa shape index (κ1) is 14.9. The Kier molecular flexibility index (Phi) is 3.56. The van der Waals surface area contributed by atoms with E-state index in [0.717, 1.165) is 47.5 Å². The van der Waals surface area contributed by atoms with Gasteiger partial charge in [-0.05, 0) is 31.5 Å². The molecular formula is C19H20N4O. The standard InChI is InChI=1S/C19H20N4O/c1-13-11-22(2)18(21-13)14-8-10-23(12-14)19(24)16-5-3-7-17-15(16)6-4-9-20-17/h3-7,9,11,14H,8,10,12H2,1-2H3/t14-/m0/s1. The number of pyridine rings is 1. The van der Waals surface area contributed by atoms with Crippen molar-refractivity contribution >= 4 is 16.8 Å². The predicted molar refractivity (Wildman–Crippen MR) is 92.9 cm³/mol.